The van der Waals surface area contributed by atoms with Crippen LogP contribution in [-0.4, -0.2) is 16.3 Å². The number of rotatable bonds is 3. The van der Waals surface area contributed by atoms with E-state index in [0.717, 1.165) is 11.1 Å². The maximum Gasteiger partial charge on any atom is 0.105 e. The Kier molecular flexibility index (Phi) is 3.46. The highest BCUT2D eigenvalue weighted by atomic mass is 16.3. The maximum absolute atomic E-state index is 9.63. The van der Waals surface area contributed by atoms with Crippen molar-refractivity contribution in [1.29, 1.82) is 0 Å². The lowest BCUT2D eigenvalue weighted by Crippen LogP contribution is -2.16. The van der Waals surface area contributed by atoms with Crippen LogP contribution >= 0.6 is 0 Å². The van der Waals surface area contributed by atoms with Crippen molar-refractivity contribution in [1.82, 2.24) is 0 Å². The highest BCUT2D eigenvalue weighted by Crippen LogP contribution is 2.18. The Hall–Kier alpha value is -0.860. The predicted octanol–water partition coefficient (Wildman–Crippen LogP) is 1.80. The minimum absolute atomic E-state index is 0.565. The molecule has 0 spiro atoms. The maximum atomic E-state index is 9.63. The Labute approximate surface area is 78.8 Å². The summed E-state index contributed by atoms with van der Waals surface area (Å²) in [7, 11) is 0. The molecule has 0 saturated heterocycles. The lowest BCUT2D eigenvalue weighted by atomic mass is 10.0. The molecule has 1 aromatic rings. The second kappa shape index (κ2) is 4.40. The van der Waals surface area contributed by atoms with E-state index < -0.39 is 12.2 Å². The molecule has 2 atom stereocenters. The average molecular weight is 180 g/mol. The van der Waals surface area contributed by atoms with Gasteiger partial charge in [-0.1, -0.05) is 36.8 Å². The minimum Gasteiger partial charge on any atom is -0.390 e. The van der Waals surface area contributed by atoms with Gasteiger partial charge >= 0.3 is 0 Å². The molecule has 0 fully saturated rings. The molecule has 0 heterocycles. The molecule has 0 bridgehead atoms. The van der Waals surface area contributed by atoms with Crippen LogP contribution in [0.3, 0.4) is 0 Å². The first kappa shape index (κ1) is 10.2. The van der Waals surface area contributed by atoms with E-state index in [-0.39, 0.29) is 0 Å². The summed E-state index contributed by atoms with van der Waals surface area (Å²) < 4.78 is 0. The van der Waals surface area contributed by atoms with Crippen LogP contribution in [0, 0.1) is 6.92 Å². The number of hydrogen-bond donors (Lipinski definition) is 2. The molecule has 2 N–H and O–H groups in total. The first-order valence-electron chi connectivity index (χ1n) is 4.58. The van der Waals surface area contributed by atoms with Crippen LogP contribution < -0.4 is 0 Å². The zero-order valence-corrected chi connectivity index (χ0v) is 8.07. The Morgan fingerprint density at radius 3 is 2.15 bits per heavy atom. The van der Waals surface area contributed by atoms with Crippen molar-refractivity contribution < 1.29 is 10.2 Å². The number of hydrogen-bond acceptors (Lipinski definition) is 2. The first-order valence-corrected chi connectivity index (χ1v) is 4.58. The topological polar surface area (TPSA) is 40.5 Å². The highest BCUT2D eigenvalue weighted by Gasteiger charge is 2.15. The predicted molar refractivity (Wildman–Crippen MR) is 52.4 cm³/mol. The Balaban J connectivity index is 2.77. The van der Waals surface area contributed by atoms with Crippen molar-refractivity contribution in [3.05, 3.63) is 35.4 Å². The largest absolute Gasteiger partial charge is 0.390 e. The van der Waals surface area contributed by atoms with E-state index in [1.165, 1.54) is 0 Å². The van der Waals surface area contributed by atoms with E-state index in [1.54, 1.807) is 0 Å². The van der Waals surface area contributed by atoms with Gasteiger partial charge in [0.15, 0.2) is 0 Å². The Morgan fingerprint density at radius 2 is 1.69 bits per heavy atom. The van der Waals surface area contributed by atoms with Crippen molar-refractivity contribution in [3.8, 4) is 0 Å². The van der Waals surface area contributed by atoms with Gasteiger partial charge in [-0.05, 0) is 18.9 Å². The van der Waals surface area contributed by atoms with Crippen LogP contribution in [0.15, 0.2) is 24.3 Å². The number of aliphatic hydroxyl groups excluding tert-OH is 2. The highest BCUT2D eigenvalue weighted by molar-refractivity contribution is 5.23. The van der Waals surface area contributed by atoms with Crippen molar-refractivity contribution in [2.24, 2.45) is 0 Å². The van der Waals surface area contributed by atoms with Crippen LogP contribution in [0.2, 0.25) is 0 Å². The molecule has 0 amide bonds. The first-order chi connectivity index (χ1) is 6.15. The lowest BCUT2D eigenvalue weighted by molar-refractivity contribution is 0.0165. The van der Waals surface area contributed by atoms with Gasteiger partial charge in [0.05, 0.1) is 6.10 Å². The van der Waals surface area contributed by atoms with Crippen LogP contribution in [0.1, 0.15) is 30.6 Å². The van der Waals surface area contributed by atoms with Gasteiger partial charge in [0.1, 0.15) is 6.10 Å². The average Bonchev–Trinajstić information content (AvgIpc) is 2.17. The quantitative estimate of drug-likeness (QED) is 0.744. The molecule has 2 nitrogen and oxygen atoms in total. The van der Waals surface area contributed by atoms with Crippen molar-refractivity contribution in [2.45, 2.75) is 32.5 Å². The molecular weight excluding hydrogens is 164 g/mol. The summed E-state index contributed by atoms with van der Waals surface area (Å²) in [6, 6.07) is 7.56. The summed E-state index contributed by atoms with van der Waals surface area (Å²) in [6.45, 7) is 3.84. The molecule has 0 unspecified atom stereocenters. The monoisotopic (exact) mass is 180 g/mol. The third-order valence-corrected chi connectivity index (χ3v) is 2.20. The van der Waals surface area contributed by atoms with Gasteiger partial charge in [-0.2, -0.15) is 0 Å². The van der Waals surface area contributed by atoms with E-state index >= 15 is 0 Å². The van der Waals surface area contributed by atoms with Crippen molar-refractivity contribution in [2.75, 3.05) is 0 Å². The van der Waals surface area contributed by atoms with Crippen molar-refractivity contribution >= 4 is 0 Å². The van der Waals surface area contributed by atoms with Gasteiger partial charge in [0, 0.05) is 0 Å². The molecule has 0 aromatic heterocycles. The molecule has 1 rings (SSSR count). The molecule has 0 aliphatic carbocycles. The summed E-state index contributed by atoms with van der Waals surface area (Å²) in [4.78, 5) is 0. The molecule has 0 aliphatic heterocycles. The fraction of sp³-hybridized carbons (Fsp3) is 0.455. The lowest BCUT2D eigenvalue weighted by Gasteiger charge is -2.16. The molecule has 0 radical (unpaired) electrons. The number of benzene rings is 1. The standard InChI is InChI=1S/C11H16O2/c1-3-10(12)11(13)9-6-4-8(2)5-7-9/h4-7,10-13H,3H2,1-2H3/t10-,11-/m1/s1. The van der Waals surface area contributed by atoms with Crippen LogP contribution in [0.4, 0.5) is 0 Å². The number of aliphatic hydroxyl groups is 2. The summed E-state index contributed by atoms with van der Waals surface area (Å²) in [5.74, 6) is 0. The van der Waals surface area contributed by atoms with Gasteiger partial charge in [-0.15, -0.1) is 0 Å². The van der Waals surface area contributed by atoms with Crippen molar-refractivity contribution in [3.63, 3.8) is 0 Å². The Morgan fingerprint density at radius 1 is 1.15 bits per heavy atom. The third kappa shape index (κ3) is 2.54. The third-order valence-electron chi connectivity index (χ3n) is 2.20. The molecular formula is C11H16O2. The summed E-state index contributed by atoms with van der Waals surface area (Å²) in [5, 5.41) is 19.0. The molecule has 72 valence electrons. The van der Waals surface area contributed by atoms with E-state index in [0.29, 0.717) is 6.42 Å². The molecule has 0 saturated carbocycles. The van der Waals surface area contributed by atoms with Gasteiger partial charge in [-0.25, -0.2) is 0 Å². The number of aryl methyl sites for hydroxylation is 1. The second-order valence-corrected chi connectivity index (χ2v) is 3.33. The van der Waals surface area contributed by atoms with Gasteiger partial charge in [-0.3, -0.25) is 0 Å². The van der Waals surface area contributed by atoms with Crippen LogP contribution in [0.5, 0.6) is 0 Å². The smallest absolute Gasteiger partial charge is 0.105 e. The van der Waals surface area contributed by atoms with Crippen LogP contribution in [0.25, 0.3) is 0 Å². The summed E-state index contributed by atoms with van der Waals surface area (Å²) in [6.07, 6.45) is -0.858. The van der Waals surface area contributed by atoms with Gasteiger partial charge in [0.25, 0.3) is 0 Å². The fourth-order valence-corrected chi connectivity index (χ4v) is 1.21. The van der Waals surface area contributed by atoms with Crippen LogP contribution in [-0.2, 0) is 0 Å². The fourth-order valence-electron chi connectivity index (χ4n) is 1.21. The zero-order valence-electron chi connectivity index (χ0n) is 8.07. The van der Waals surface area contributed by atoms with Gasteiger partial charge < -0.3 is 10.2 Å². The Bertz CT molecular complexity index is 253. The van der Waals surface area contributed by atoms with E-state index in [1.807, 2.05) is 38.1 Å². The second-order valence-electron chi connectivity index (χ2n) is 3.33. The molecule has 1 aromatic carbocycles. The SMILES string of the molecule is CC[C@@H](O)[C@H](O)c1ccc(C)cc1. The zero-order chi connectivity index (χ0) is 9.84. The molecule has 13 heavy (non-hydrogen) atoms. The van der Waals surface area contributed by atoms with Gasteiger partial charge in [0.2, 0.25) is 0 Å². The van der Waals surface area contributed by atoms with E-state index in [9.17, 15) is 10.2 Å². The minimum atomic E-state index is -0.759. The van der Waals surface area contributed by atoms with E-state index in [4.69, 9.17) is 0 Å². The molecule has 2 heteroatoms. The molecule has 0 aliphatic rings. The summed E-state index contributed by atoms with van der Waals surface area (Å²) >= 11 is 0. The normalized spacial score (nSPS) is 15.4. The summed E-state index contributed by atoms with van der Waals surface area (Å²) in [5.41, 5.74) is 1.93. The van der Waals surface area contributed by atoms with E-state index in [2.05, 4.69) is 0 Å².